The molecule has 2 heteroatoms. The van der Waals surface area contributed by atoms with Crippen molar-refractivity contribution in [3.05, 3.63) is 155 Å². The molecule has 2 fully saturated rings. The Kier molecular flexibility index (Phi) is 6.66. The van der Waals surface area contributed by atoms with Crippen LogP contribution in [-0.4, -0.2) is 0 Å². The van der Waals surface area contributed by atoms with Gasteiger partial charge in [0.1, 0.15) is 11.2 Å². The third-order valence-electron chi connectivity index (χ3n) is 13.1. The van der Waals surface area contributed by atoms with Gasteiger partial charge in [0.05, 0.1) is 16.5 Å². The molecule has 0 saturated heterocycles. The van der Waals surface area contributed by atoms with E-state index in [0.29, 0.717) is 11.8 Å². The van der Waals surface area contributed by atoms with Crippen molar-refractivity contribution in [2.45, 2.75) is 81.5 Å². The molecule has 0 unspecified atom stereocenters. The van der Waals surface area contributed by atoms with Crippen LogP contribution in [0.2, 0.25) is 0 Å². The van der Waals surface area contributed by atoms with Crippen molar-refractivity contribution in [3.63, 3.8) is 0 Å². The average molecular weight is 662 g/mol. The number of fused-ring (bicyclic) bond motifs is 13. The first-order chi connectivity index (χ1) is 25.3. The highest BCUT2D eigenvalue weighted by atomic mass is 16.3. The minimum atomic E-state index is -0.363. The van der Waals surface area contributed by atoms with E-state index in [1.165, 1.54) is 120 Å². The molecule has 0 atom stereocenters. The smallest absolute Gasteiger partial charge is 0.137 e. The average Bonchev–Trinajstić information content (AvgIpc) is 3.82. The first-order valence-corrected chi connectivity index (χ1v) is 19.5. The third-order valence-corrected chi connectivity index (χ3v) is 13.1. The molecule has 0 amide bonds. The number of hydrogen-bond acceptors (Lipinski definition) is 2. The standard InChI is InChI=1S/C49H43NO/c1-3-12-31(13-4-1)33-22-25-37-38-26-23-34(32-14-5-2-6-15-32)29-43(38)49(42(37)28-33)41-18-9-7-16-36(41)39-27-24-35(30-44(39)49)50-45-19-11-21-47-48(45)40-17-8-10-20-46(40)51-47/h7-11,16-32,50H,1-6,12-15H2. The van der Waals surface area contributed by atoms with Crippen LogP contribution in [0.25, 0.3) is 44.2 Å². The van der Waals surface area contributed by atoms with Gasteiger partial charge < -0.3 is 9.73 Å². The molecule has 1 aromatic heterocycles. The van der Waals surface area contributed by atoms with Gasteiger partial charge >= 0.3 is 0 Å². The Bertz CT molecular complexity index is 2420. The fraction of sp³-hybridized carbons (Fsp3) is 0.265. The first-order valence-electron chi connectivity index (χ1n) is 19.5. The van der Waals surface area contributed by atoms with Crippen LogP contribution in [0.4, 0.5) is 11.4 Å². The van der Waals surface area contributed by atoms with E-state index in [4.69, 9.17) is 4.42 Å². The summed E-state index contributed by atoms with van der Waals surface area (Å²) in [6.07, 6.45) is 13.3. The van der Waals surface area contributed by atoms with Crippen molar-refractivity contribution < 1.29 is 4.42 Å². The van der Waals surface area contributed by atoms with Crippen molar-refractivity contribution in [1.82, 2.24) is 0 Å². The largest absolute Gasteiger partial charge is 0.456 e. The molecule has 4 aliphatic rings. The number of benzene rings is 6. The summed E-state index contributed by atoms with van der Waals surface area (Å²) in [5, 5.41) is 6.18. The van der Waals surface area contributed by atoms with Gasteiger partial charge in [-0.3, -0.25) is 0 Å². The van der Waals surface area contributed by atoms with Crippen molar-refractivity contribution in [2.75, 3.05) is 5.32 Å². The lowest BCUT2D eigenvalue weighted by Crippen LogP contribution is -2.26. The second-order valence-corrected chi connectivity index (χ2v) is 15.7. The predicted molar refractivity (Wildman–Crippen MR) is 211 cm³/mol. The highest BCUT2D eigenvalue weighted by Gasteiger charge is 2.52. The van der Waals surface area contributed by atoms with E-state index in [-0.39, 0.29) is 5.41 Å². The Morgan fingerprint density at radius 3 is 1.75 bits per heavy atom. The van der Waals surface area contributed by atoms with Gasteiger partial charge in [0.2, 0.25) is 0 Å². The molecule has 51 heavy (non-hydrogen) atoms. The SMILES string of the molecule is c1ccc2c(c1)-c1ccc(Nc3cccc4oc5ccccc5c34)cc1C21c2cc(C3CCCCC3)ccc2-c2ccc(C3CCCCC3)cc21. The minimum absolute atomic E-state index is 0.363. The Morgan fingerprint density at radius 1 is 0.471 bits per heavy atom. The van der Waals surface area contributed by atoms with Crippen molar-refractivity contribution >= 4 is 33.3 Å². The molecule has 0 radical (unpaired) electrons. The monoisotopic (exact) mass is 661 g/mol. The highest BCUT2D eigenvalue weighted by Crippen LogP contribution is 2.64. The summed E-state index contributed by atoms with van der Waals surface area (Å²) in [4.78, 5) is 0. The van der Waals surface area contributed by atoms with Crippen LogP contribution in [0.3, 0.4) is 0 Å². The van der Waals surface area contributed by atoms with Gasteiger partial charge in [-0.2, -0.15) is 0 Å². The summed E-state index contributed by atoms with van der Waals surface area (Å²) in [6, 6.07) is 46.4. The summed E-state index contributed by atoms with van der Waals surface area (Å²) < 4.78 is 6.28. The van der Waals surface area contributed by atoms with Crippen LogP contribution in [-0.2, 0) is 5.41 Å². The van der Waals surface area contributed by atoms with Gasteiger partial charge in [-0.05, 0) is 123 Å². The van der Waals surface area contributed by atoms with Gasteiger partial charge in [-0.1, -0.05) is 130 Å². The summed E-state index contributed by atoms with van der Waals surface area (Å²) in [5.41, 5.74) is 18.1. The Morgan fingerprint density at radius 2 is 1.04 bits per heavy atom. The van der Waals surface area contributed by atoms with Gasteiger partial charge in [-0.25, -0.2) is 0 Å². The van der Waals surface area contributed by atoms with Gasteiger partial charge in [0.15, 0.2) is 0 Å². The lowest BCUT2D eigenvalue weighted by Gasteiger charge is -2.33. The van der Waals surface area contributed by atoms with Crippen LogP contribution in [0.15, 0.2) is 126 Å². The Hall–Kier alpha value is -5.08. The van der Waals surface area contributed by atoms with E-state index in [1.54, 1.807) is 0 Å². The Balaban J connectivity index is 1.14. The molecule has 6 aromatic carbocycles. The number of para-hydroxylation sites is 1. The number of hydrogen-bond donors (Lipinski definition) is 1. The zero-order valence-electron chi connectivity index (χ0n) is 29.2. The Labute approximate surface area is 300 Å². The first kappa shape index (κ1) is 29.6. The number of nitrogens with one attached hydrogen (secondary N) is 1. The molecule has 1 spiro atoms. The fourth-order valence-corrected chi connectivity index (χ4v) is 10.7. The molecular weight excluding hydrogens is 619 g/mol. The van der Waals surface area contributed by atoms with E-state index < -0.39 is 0 Å². The molecule has 2 saturated carbocycles. The van der Waals surface area contributed by atoms with E-state index in [1.807, 2.05) is 6.07 Å². The molecular formula is C49H43NO. The van der Waals surface area contributed by atoms with E-state index in [2.05, 4.69) is 121 Å². The number of anilines is 2. The second kappa shape index (κ2) is 11.5. The van der Waals surface area contributed by atoms with Gasteiger partial charge in [-0.15, -0.1) is 0 Å². The molecule has 1 N–H and O–H groups in total. The predicted octanol–water partition coefficient (Wildman–Crippen LogP) is 13.8. The molecule has 1 heterocycles. The normalized spacial score (nSPS) is 17.8. The fourth-order valence-electron chi connectivity index (χ4n) is 10.7. The maximum Gasteiger partial charge on any atom is 0.137 e. The molecule has 4 aliphatic carbocycles. The second-order valence-electron chi connectivity index (χ2n) is 15.7. The quantitative estimate of drug-likeness (QED) is 0.203. The van der Waals surface area contributed by atoms with Crippen LogP contribution in [0.1, 0.15) is 109 Å². The molecule has 0 bridgehead atoms. The summed E-state index contributed by atoms with van der Waals surface area (Å²) in [5.74, 6) is 1.30. The van der Waals surface area contributed by atoms with Crippen LogP contribution >= 0.6 is 0 Å². The van der Waals surface area contributed by atoms with Crippen molar-refractivity contribution in [2.24, 2.45) is 0 Å². The van der Waals surface area contributed by atoms with E-state index in [9.17, 15) is 0 Å². The molecule has 7 aromatic rings. The molecule has 2 nitrogen and oxygen atoms in total. The number of furan rings is 1. The van der Waals surface area contributed by atoms with Crippen LogP contribution in [0, 0.1) is 0 Å². The minimum Gasteiger partial charge on any atom is -0.456 e. The van der Waals surface area contributed by atoms with E-state index in [0.717, 1.165) is 33.3 Å². The highest BCUT2D eigenvalue weighted by molar-refractivity contribution is 6.12. The van der Waals surface area contributed by atoms with Crippen LogP contribution < -0.4 is 5.32 Å². The summed E-state index contributed by atoms with van der Waals surface area (Å²) in [7, 11) is 0. The summed E-state index contributed by atoms with van der Waals surface area (Å²) >= 11 is 0. The number of rotatable bonds is 4. The van der Waals surface area contributed by atoms with Crippen molar-refractivity contribution in [1.29, 1.82) is 0 Å². The third kappa shape index (κ3) is 4.35. The zero-order chi connectivity index (χ0) is 33.5. The van der Waals surface area contributed by atoms with E-state index >= 15 is 0 Å². The van der Waals surface area contributed by atoms with Crippen LogP contribution in [0.5, 0.6) is 0 Å². The van der Waals surface area contributed by atoms with Crippen molar-refractivity contribution in [3.8, 4) is 22.3 Å². The topological polar surface area (TPSA) is 25.2 Å². The molecule has 0 aliphatic heterocycles. The summed E-state index contributed by atoms with van der Waals surface area (Å²) in [6.45, 7) is 0. The lowest BCUT2D eigenvalue weighted by molar-refractivity contribution is 0.443. The maximum absolute atomic E-state index is 6.28. The molecule has 11 rings (SSSR count). The zero-order valence-corrected chi connectivity index (χ0v) is 29.2. The maximum atomic E-state index is 6.28. The molecule has 250 valence electrons. The van der Waals surface area contributed by atoms with Gasteiger partial charge in [0, 0.05) is 11.1 Å². The lowest BCUT2D eigenvalue weighted by atomic mass is 9.69. The van der Waals surface area contributed by atoms with Gasteiger partial charge in [0.25, 0.3) is 0 Å².